The van der Waals surface area contributed by atoms with E-state index in [1.54, 1.807) is 0 Å². The van der Waals surface area contributed by atoms with Gasteiger partial charge in [0.2, 0.25) is 5.91 Å². The third kappa shape index (κ3) is 5.62. The predicted molar refractivity (Wildman–Crippen MR) is 75.3 cm³/mol. The van der Waals surface area contributed by atoms with Crippen molar-refractivity contribution < 1.29 is 31.5 Å². The van der Waals surface area contributed by atoms with E-state index in [0.717, 1.165) is 6.26 Å². The second kappa shape index (κ2) is 6.73. The summed E-state index contributed by atoms with van der Waals surface area (Å²) in [5.41, 5.74) is 0. The summed E-state index contributed by atoms with van der Waals surface area (Å²) in [4.78, 5) is 23.0. The van der Waals surface area contributed by atoms with E-state index in [0.29, 0.717) is 12.8 Å². The van der Waals surface area contributed by atoms with Crippen molar-refractivity contribution in [2.75, 3.05) is 17.8 Å². The first-order chi connectivity index (χ1) is 9.53. The van der Waals surface area contributed by atoms with Crippen LogP contribution in [0.4, 0.5) is 0 Å². The summed E-state index contributed by atoms with van der Waals surface area (Å²) in [6, 6.07) is -1.41. The van der Waals surface area contributed by atoms with Gasteiger partial charge in [-0.05, 0) is 19.3 Å². The van der Waals surface area contributed by atoms with Crippen LogP contribution in [0.1, 0.15) is 25.7 Å². The standard InChI is InChI=1S/C11H19NO7S2/c1-20(16,17)7-5-8(11(14)15)12-10(13)9-4-2-3-6-21(9,18)19/h8-9H,2-7H2,1H3,(H,12,13)(H,14,15). The zero-order valence-corrected chi connectivity index (χ0v) is 13.2. The van der Waals surface area contributed by atoms with Crippen molar-refractivity contribution in [1.29, 1.82) is 0 Å². The highest BCUT2D eigenvalue weighted by molar-refractivity contribution is 7.92. The van der Waals surface area contributed by atoms with Crippen molar-refractivity contribution in [2.45, 2.75) is 37.0 Å². The summed E-state index contributed by atoms with van der Waals surface area (Å²) in [6.07, 6.45) is 1.89. The fourth-order valence-electron chi connectivity index (χ4n) is 2.10. The molecular formula is C11H19NO7S2. The average Bonchev–Trinajstić information content (AvgIpc) is 2.32. The molecule has 1 aliphatic heterocycles. The van der Waals surface area contributed by atoms with Gasteiger partial charge >= 0.3 is 5.97 Å². The van der Waals surface area contributed by atoms with E-state index in [4.69, 9.17) is 5.11 Å². The molecule has 0 aromatic rings. The molecular weight excluding hydrogens is 322 g/mol. The fourth-order valence-corrected chi connectivity index (χ4v) is 4.58. The van der Waals surface area contributed by atoms with Crippen LogP contribution in [0.5, 0.6) is 0 Å². The van der Waals surface area contributed by atoms with Crippen LogP contribution in [0.15, 0.2) is 0 Å². The number of sulfone groups is 2. The molecule has 122 valence electrons. The summed E-state index contributed by atoms with van der Waals surface area (Å²) < 4.78 is 45.7. The van der Waals surface area contributed by atoms with Gasteiger partial charge in [0, 0.05) is 6.26 Å². The molecule has 0 aliphatic carbocycles. The Kier molecular flexibility index (Phi) is 5.74. The Morgan fingerprint density at radius 1 is 1.33 bits per heavy atom. The first-order valence-corrected chi connectivity index (χ1v) is 10.2. The molecule has 10 heteroatoms. The largest absolute Gasteiger partial charge is 0.480 e. The lowest BCUT2D eigenvalue weighted by Crippen LogP contribution is -2.49. The molecule has 0 aromatic carbocycles. The maximum atomic E-state index is 12.0. The van der Waals surface area contributed by atoms with Crippen LogP contribution < -0.4 is 5.32 Å². The molecule has 0 spiro atoms. The molecule has 0 radical (unpaired) electrons. The van der Waals surface area contributed by atoms with E-state index in [9.17, 15) is 26.4 Å². The van der Waals surface area contributed by atoms with Gasteiger partial charge in [-0.3, -0.25) is 4.79 Å². The third-order valence-corrected chi connectivity index (χ3v) is 6.41. The van der Waals surface area contributed by atoms with Gasteiger partial charge in [0.15, 0.2) is 9.84 Å². The zero-order valence-electron chi connectivity index (χ0n) is 11.6. The molecule has 8 nitrogen and oxygen atoms in total. The molecule has 2 N–H and O–H groups in total. The van der Waals surface area contributed by atoms with Crippen molar-refractivity contribution in [3.05, 3.63) is 0 Å². The SMILES string of the molecule is CS(=O)(=O)CCC(NC(=O)C1CCCCS1(=O)=O)C(=O)O. The number of carbonyl (C=O) groups excluding carboxylic acids is 1. The van der Waals surface area contributed by atoms with Crippen LogP contribution in [0.3, 0.4) is 0 Å². The molecule has 2 unspecified atom stereocenters. The van der Waals surface area contributed by atoms with Gasteiger partial charge in [0.05, 0.1) is 11.5 Å². The number of hydrogen-bond acceptors (Lipinski definition) is 6. The second-order valence-electron chi connectivity index (χ2n) is 5.17. The predicted octanol–water partition coefficient (Wildman–Crippen LogP) is -1.04. The van der Waals surface area contributed by atoms with Gasteiger partial charge in [0.1, 0.15) is 21.1 Å². The van der Waals surface area contributed by atoms with Crippen molar-refractivity contribution in [1.82, 2.24) is 5.32 Å². The Morgan fingerprint density at radius 3 is 2.43 bits per heavy atom. The highest BCUT2D eigenvalue weighted by Gasteiger charge is 2.36. The van der Waals surface area contributed by atoms with Gasteiger partial charge in [-0.1, -0.05) is 6.42 Å². The summed E-state index contributed by atoms with van der Waals surface area (Å²) >= 11 is 0. The number of carbonyl (C=O) groups is 2. The van der Waals surface area contributed by atoms with Crippen LogP contribution in [-0.4, -0.2) is 62.9 Å². The molecule has 1 amide bonds. The molecule has 21 heavy (non-hydrogen) atoms. The van der Waals surface area contributed by atoms with Gasteiger partial charge in [-0.2, -0.15) is 0 Å². The molecule has 1 heterocycles. The van der Waals surface area contributed by atoms with Crippen LogP contribution in [0, 0.1) is 0 Å². The van der Waals surface area contributed by atoms with E-state index in [2.05, 4.69) is 5.32 Å². The molecule has 1 fully saturated rings. The number of nitrogens with one attached hydrogen (secondary N) is 1. The molecule has 2 atom stereocenters. The van der Waals surface area contributed by atoms with Gasteiger partial charge in [-0.15, -0.1) is 0 Å². The Balaban J connectivity index is 2.75. The lowest BCUT2D eigenvalue weighted by atomic mass is 10.1. The number of rotatable bonds is 6. The maximum Gasteiger partial charge on any atom is 0.326 e. The van der Waals surface area contributed by atoms with E-state index in [1.807, 2.05) is 0 Å². The summed E-state index contributed by atoms with van der Waals surface area (Å²) in [6.45, 7) is 0. The number of carboxylic acid groups (broad SMARTS) is 1. The Bertz CT molecular complexity index is 608. The van der Waals surface area contributed by atoms with Crippen molar-refractivity contribution in [2.24, 2.45) is 0 Å². The number of carboxylic acids is 1. The monoisotopic (exact) mass is 341 g/mol. The van der Waals surface area contributed by atoms with Crippen LogP contribution in [0.25, 0.3) is 0 Å². The maximum absolute atomic E-state index is 12.0. The minimum absolute atomic E-state index is 0.0911. The van der Waals surface area contributed by atoms with Crippen LogP contribution in [-0.2, 0) is 29.3 Å². The molecule has 0 aromatic heterocycles. The van der Waals surface area contributed by atoms with Gasteiger partial charge < -0.3 is 10.4 Å². The number of aliphatic carboxylic acids is 1. The quantitative estimate of drug-likeness (QED) is 0.630. The smallest absolute Gasteiger partial charge is 0.326 e. The Labute approximate surface area is 123 Å². The minimum Gasteiger partial charge on any atom is -0.480 e. The van der Waals surface area contributed by atoms with Gasteiger partial charge in [-0.25, -0.2) is 21.6 Å². The van der Waals surface area contributed by atoms with Crippen molar-refractivity contribution in [3.63, 3.8) is 0 Å². The highest BCUT2D eigenvalue weighted by Crippen LogP contribution is 2.19. The minimum atomic E-state index is -3.56. The summed E-state index contributed by atoms with van der Waals surface area (Å²) in [5.74, 6) is -2.75. The van der Waals surface area contributed by atoms with E-state index >= 15 is 0 Å². The molecule has 0 saturated carbocycles. The third-order valence-electron chi connectivity index (χ3n) is 3.26. The lowest BCUT2D eigenvalue weighted by molar-refractivity contribution is -0.141. The Morgan fingerprint density at radius 2 is 1.95 bits per heavy atom. The second-order valence-corrected chi connectivity index (χ2v) is 9.73. The lowest BCUT2D eigenvalue weighted by Gasteiger charge is -2.23. The average molecular weight is 341 g/mol. The molecule has 1 aliphatic rings. The highest BCUT2D eigenvalue weighted by atomic mass is 32.2. The van der Waals surface area contributed by atoms with Crippen LogP contribution in [0.2, 0.25) is 0 Å². The van der Waals surface area contributed by atoms with Crippen LogP contribution >= 0.6 is 0 Å². The molecule has 1 saturated heterocycles. The normalized spacial score (nSPS) is 23.2. The van der Waals surface area contributed by atoms with E-state index in [1.165, 1.54) is 0 Å². The molecule has 1 rings (SSSR count). The Hall–Kier alpha value is -1.16. The summed E-state index contributed by atoms with van der Waals surface area (Å²) in [7, 11) is -6.93. The van der Waals surface area contributed by atoms with Gasteiger partial charge in [0.25, 0.3) is 0 Å². The van der Waals surface area contributed by atoms with E-state index < -0.39 is 48.6 Å². The first kappa shape index (κ1) is 17.9. The van der Waals surface area contributed by atoms with E-state index in [-0.39, 0.29) is 18.6 Å². The topological polar surface area (TPSA) is 135 Å². The fraction of sp³-hybridized carbons (Fsp3) is 0.818. The number of hydrogen-bond donors (Lipinski definition) is 2. The van der Waals surface area contributed by atoms with Crippen molar-refractivity contribution >= 4 is 31.6 Å². The van der Waals surface area contributed by atoms with Crippen molar-refractivity contribution in [3.8, 4) is 0 Å². The zero-order chi connectivity index (χ0) is 16.3. The molecule has 0 bridgehead atoms. The first-order valence-electron chi connectivity index (χ1n) is 6.45. The summed E-state index contributed by atoms with van der Waals surface area (Å²) in [5, 5.41) is 9.88. The number of amides is 1.